The first kappa shape index (κ1) is 11.6. The summed E-state index contributed by atoms with van der Waals surface area (Å²) in [6.07, 6.45) is 1.21. The molecule has 1 aromatic rings. The molecule has 0 aromatic heterocycles. The molecule has 1 aromatic carbocycles. The third kappa shape index (κ3) is 2.00. The van der Waals surface area contributed by atoms with Crippen molar-refractivity contribution in [3.63, 3.8) is 0 Å². The van der Waals surface area contributed by atoms with E-state index in [0.29, 0.717) is 18.9 Å². The molecule has 1 saturated heterocycles. The van der Waals surface area contributed by atoms with Gasteiger partial charge in [-0.25, -0.2) is 0 Å². The molecule has 2 rings (SSSR count). The second-order valence-corrected chi connectivity index (χ2v) is 4.91. The summed E-state index contributed by atoms with van der Waals surface area (Å²) in [7, 11) is 0. The minimum atomic E-state index is -0.307. The van der Waals surface area contributed by atoms with Crippen LogP contribution in [0.1, 0.15) is 32.3 Å². The van der Waals surface area contributed by atoms with E-state index in [1.165, 1.54) is 5.56 Å². The van der Waals surface area contributed by atoms with Crippen molar-refractivity contribution in [1.29, 1.82) is 0 Å². The lowest BCUT2D eigenvalue weighted by Gasteiger charge is -2.43. The lowest BCUT2D eigenvalue weighted by atomic mass is 9.77. The number of aliphatic hydroxyl groups excluding tert-OH is 1. The van der Waals surface area contributed by atoms with Crippen molar-refractivity contribution >= 4 is 0 Å². The zero-order valence-corrected chi connectivity index (χ0v) is 10.0. The van der Waals surface area contributed by atoms with Crippen LogP contribution in [0.4, 0.5) is 0 Å². The highest BCUT2D eigenvalue weighted by Crippen LogP contribution is 2.41. The van der Waals surface area contributed by atoms with E-state index in [2.05, 4.69) is 26.0 Å². The fourth-order valence-corrected chi connectivity index (χ4v) is 2.55. The molecule has 2 atom stereocenters. The Hall–Kier alpha value is -0.860. The molecule has 0 radical (unpaired) electrons. The van der Waals surface area contributed by atoms with Gasteiger partial charge in [-0.05, 0) is 17.9 Å². The Kier molecular flexibility index (Phi) is 3.31. The smallest absolute Gasteiger partial charge is 0.0978 e. The predicted molar refractivity (Wildman–Crippen MR) is 64.2 cm³/mol. The van der Waals surface area contributed by atoms with Crippen molar-refractivity contribution in [1.82, 2.24) is 0 Å². The number of aliphatic hydroxyl groups is 1. The van der Waals surface area contributed by atoms with Gasteiger partial charge in [-0.1, -0.05) is 44.2 Å². The molecule has 1 fully saturated rings. The maximum atomic E-state index is 9.88. The van der Waals surface area contributed by atoms with E-state index in [4.69, 9.17) is 4.74 Å². The van der Waals surface area contributed by atoms with Crippen LogP contribution in [0, 0.1) is 5.92 Å². The van der Waals surface area contributed by atoms with Crippen LogP contribution in [0.3, 0.4) is 0 Å². The summed E-state index contributed by atoms with van der Waals surface area (Å²) in [5.41, 5.74) is 0.877. The maximum Gasteiger partial charge on any atom is 0.0978 e. The predicted octanol–water partition coefficient (Wildman–Crippen LogP) is 2.71. The van der Waals surface area contributed by atoms with Crippen molar-refractivity contribution < 1.29 is 9.84 Å². The monoisotopic (exact) mass is 220 g/mol. The molecule has 0 aliphatic carbocycles. The van der Waals surface area contributed by atoms with Gasteiger partial charge in [0.25, 0.3) is 0 Å². The SMILES string of the molecule is CC(C)C1(c2ccccc2)CC(O)CCO1. The zero-order valence-electron chi connectivity index (χ0n) is 10.0. The van der Waals surface area contributed by atoms with Crippen LogP contribution < -0.4 is 0 Å². The Bertz CT molecular complexity index is 334. The van der Waals surface area contributed by atoms with E-state index in [-0.39, 0.29) is 11.7 Å². The summed E-state index contributed by atoms with van der Waals surface area (Å²) in [5, 5.41) is 9.88. The van der Waals surface area contributed by atoms with Gasteiger partial charge in [-0.2, -0.15) is 0 Å². The minimum Gasteiger partial charge on any atom is -0.393 e. The average Bonchev–Trinajstić information content (AvgIpc) is 2.30. The number of rotatable bonds is 2. The van der Waals surface area contributed by atoms with Gasteiger partial charge in [-0.3, -0.25) is 0 Å². The highest BCUT2D eigenvalue weighted by atomic mass is 16.5. The van der Waals surface area contributed by atoms with Gasteiger partial charge in [0.2, 0.25) is 0 Å². The van der Waals surface area contributed by atoms with E-state index in [1.54, 1.807) is 0 Å². The van der Waals surface area contributed by atoms with Crippen LogP contribution in [-0.2, 0) is 10.3 Å². The first-order valence-electron chi connectivity index (χ1n) is 6.03. The second kappa shape index (κ2) is 4.56. The minimum absolute atomic E-state index is 0.239. The molecule has 1 aliphatic heterocycles. The third-order valence-electron chi connectivity index (χ3n) is 3.54. The summed E-state index contributed by atoms with van der Waals surface area (Å²) in [6, 6.07) is 10.3. The van der Waals surface area contributed by atoms with E-state index in [9.17, 15) is 5.11 Å². The Morgan fingerprint density at radius 3 is 2.56 bits per heavy atom. The summed E-state index contributed by atoms with van der Waals surface area (Å²) in [6.45, 7) is 4.96. The molecule has 0 amide bonds. The molecule has 0 saturated carbocycles. The van der Waals surface area contributed by atoms with Crippen LogP contribution in [0.2, 0.25) is 0 Å². The summed E-state index contributed by atoms with van der Waals surface area (Å²) >= 11 is 0. The van der Waals surface area contributed by atoms with E-state index in [1.807, 2.05) is 18.2 Å². The van der Waals surface area contributed by atoms with Gasteiger partial charge in [0.15, 0.2) is 0 Å². The standard InChI is InChI=1S/C14H20O2/c1-11(2)14(10-13(15)8-9-16-14)12-6-4-3-5-7-12/h3-7,11,13,15H,8-10H2,1-2H3. The van der Waals surface area contributed by atoms with E-state index in [0.717, 1.165) is 6.42 Å². The average molecular weight is 220 g/mol. The largest absolute Gasteiger partial charge is 0.393 e. The van der Waals surface area contributed by atoms with Gasteiger partial charge in [0.05, 0.1) is 18.3 Å². The highest BCUT2D eigenvalue weighted by Gasteiger charge is 2.41. The fraction of sp³-hybridized carbons (Fsp3) is 0.571. The normalized spacial score (nSPS) is 30.6. The van der Waals surface area contributed by atoms with Crippen molar-refractivity contribution in [2.24, 2.45) is 5.92 Å². The Morgan fingerprint density at radius 2 is 2.00 bits per heavy atom. The fourth-order valence-electron chi connectivity index (χ4n) is 2.55. The van der Waals surface area contributed by atoms with Crippen molar-refractivity contribution in [3.05, 3.63) is 35.9 Å². The molecule has 16 heavy (non-hydrogen) atoms. The van der Waals surface area contributed by atoms with Crippen LogP contribution >= 0.6 is 0 Å². The number of benzene rings is 1. The molecular formula is C14H20O2. The van der Waals surface area contributed by atoms with Gasteiger partial charge in [0, 0.05) is 6.42 Å². The molecule has 1 aliphatic rings. The highest BCUT2D eigenvalue weighted by molar-refractivity contribution is 5.24. The topological polar surface area (TPSA) is 29.5 Å². The van der Waals surface area contributed by atoms with Crippen molar-refractivity contribution in [2.75, 3.05) is 6.61 Å². The third-order valence-corrected chi connectivity index (χ3v) is 3.54. The van der Waals surface area contributed by atoms with E-state index >= 15 is 0 Å². The number of hydrogen-bond donors (Lipinski definition) is 1. The van der Waals surface area contributed by atoms with Crippen molar-refractivity contribution in [3.8, 4) is 0 Å². The quantitative estimate of drug-likeness (QED) is 0.830. The molecule has 1 N–H and O–H groups in total. The molecule has 0 bridgehead atoms. The van der Waals surface area contributed by atoms with Gasteiger partial charge in [-0.15, -0.1) is 0 Å². The zero-order chi connectivity index (χ0) is 11.6. The van der Waals surface area contributed by atoms with Gasteiger partial charge < -0.3 is 9.84 Å². The Labute approximate surface area is 97.3 Å². The summed E-state index contributed by atoms with van der Waals surface area (Å²) < 4.78 is 6.02. The summed E-state index contributed by atoms with van der Waals surface area (Å²) in [4.78, 5) is 0. The Balaban J connectivity index is 2.36. The van der Waals surface area contributed by atoms with Gasteiger partial charge in [0.1, 0.15) is 0 Å². The van der Waals surface area contributed by atoms with E-state index < -0.39 is 0 Å². The van der Waals surface area contributed by atoms with Gasteiger partial charge >= 0.3 is 0 Å². The maximum absolute atomic E-state index is 9.88. The Morgan fingerprint density at radius 1 is 1.31 bits per heavy atom. The molecule has 88 valence electrons. The molecule has 1 heterocycles. The van der Waals surface area contributed by atoms with Crippen LogP contribution in [-0.4, -0.2) is 17.8 Å². The number of ether oxygens (including phenoxy) is 1. The molecule has 0 spiro atoms. The van der Waals surface area contributed by atoms with Crippen LogP contribution in [0.5, 0.6) is 0 Å². The second-order valence-electron chi connectivity index (χ2n) is 4.91. The first-order chi connectivity index (χ1) is 7.65. The molecule has 2 unspecified atom stereocenters. The number of hydrogen-bond acceptors (Lipinski definition) is 2. The summed E-state index contributed by atoms with van der Waals surface area (Å²) in [5.74, 6) is 0.366. The molecular weight excluding hydrogens is 200 g/mol. The molecule has 2 nitrogen and oxygen atoms in total. The first-order valence-corrected chi connectivity index (χ1v) is 6.03. The van der Waals surface area contributed by atoms with Crippen LogP contribution in [0.15, 0.2) is 30.3 Å². The molecule has 2 heteroatoms. The lowest BCUT2D eigenvalue weighted by molar-refractivity contribution is -0.148. The lowest BCUT2D eigenvalue weighted by Crippen LogP contribution is -2.43. The van der Waals surface area contributed by atoms with Crippen LogP contribution in [0.25, 0.3) is 0 Å². The van der Waals surface area contributed by atoms with Crippen molar-refractivity contribution in [2.45, 2.75) is 38.4 Å².